The maximum absolute atomic E-state index is 12.5. The monoisotopic (exact) mass is 341 g/mol. The van der Waals surface area contributed by atoms with E-state index < -0.39 is 5.91 Å². The zero-order chi connectivity index (χ0) is 18.5. The number of aromatic nitrogens is 1. The third-order valence-corrected chi connectivity index (χ3v) is 3.95. The summed E-state index contributed by atoms with van der Waals surface area (Å²) in [7, 11) is 0. The number of nitrogens with zero attached hydrogens (tertiary/aromatic N) is 2. The van der Waals surface area contributed by atoms with E-state index in [1.54, 1.807) is 6.08 Å². The van der Waals surface area contributed by atoms with Crippen LogP contribution in [0.2, 0.25) is 0 Å². The Hall–Kier alpha value is -3.58. The normalized spacial score (nSPS) is 11.0. The third-order valence-electron chi connectivity index (χ3n) is 3.95. The Morgan fingerprint density at radius 2 is 1.73 bits per heavy atom. The molecule has 3 aromatic rings. The molecule has 4 nitrogen and oxygen atoms in total. The lowest BCUT2D eigenvalue weighted by atomic mass is 10.1. The summed E-state index contributed by atoms with van der Waals surface area (Å²) >= 11 is 0. The molecular weight excluding hydrogens is 322 g/mol. The van der Waals surface area contributed by atoms with Crippen LogP contribution >= 0.6 is 0 Å². The van der Waals surface area contributed by atoms with Crippen molar-refractivity contribution in [3.8, 4) is 11.8 Å². The molecule has 0 aliphatic heterocycles. The Kier molecular flexibility index (Phi) is 5.00. The average Bonchev–Trinajstić information content (AvgIpc) is 3.07. The first kappa shape index (κ1) is 17.2. The lowest BCUT2D eigenvalue weighted by Gasteiger charge is -2.08. The van der Waals surface area contributed by atoms with Gasteiger partial charge in [-0.3, -0.25) is 4.79 Å². The number of para-hydroxylation sites is 1. The van der Waals surface area contributed by atoms with E-state index in [9.17, 15) is 10.1 Å². The zero-order valence-corrected chi connectivity index (χ0v) is 14.7. The van der Waals surface area contributed by atoms with E-state index in [0.29, 0.717) is 5.69 Å². The lowest BCUT2D eigenvalue weighted by Crippen LogP contribution is -2.14. The van der Waals surface area contributed by atoms with Crippen molar-refractivity contribution in [2.24, 2.45) is 0 Å². The van der Waals surface area contributed by atoms with Crippen LogP contribution in [-0.2, 0) is 4.79 Å². The Labute approximate surface area is 153 Å². The van der Waals surface area contributed by atoms with E-state index >= 15 is 0 Å². The largest absolute Gasteiger partial charge is 0.321 e. The van der Waals surface area contributed by atoms with Crippen molar-refractivity contribution < 1.29 is 4.79 Å². The van der Waals surface area contributed by atoms with Gasteiger partial charge < -0.3 is 9.88 Å². The van der Waals surface area contributed by atoms with Gasteiger partial charge in [0.1, 0.15) is 11.6 Å². The Morgan fingerprint density at radius 3 is 2.38 bits per heavy atom. The summed E-state index contributed by atoms with van der Waals surface area (Å²) in [4.78, 5) is 12.5. The molecule has 0 saturated carbocycles. The van der Waals surface area contributed by atoms with Gasteiger partial charge in [0.25, 0.3) is 5.91 Å². The van der Waals surface area contributed by atoms with Crippen molar-refractivity contribution in [2.75, 3.05) is 5.32 Å². The van der Waals surface area contributed by atoms with Gasteiger partial charge in [-0.15, -0.1) is 0 Å². The van der Waals surface area contributed by atoms with Gasteiger partial charge in [0.15, 0.2) is 0 Å². The molecule has 0 aliphatic carbocycles. The van der Waals surface area contributed by atoms with Gasteiger partial charge in [-0.1, -0.05) is 24.3 Å². The molecule has 0 aliphatic rings. The molecule has 1 amide bonds. The highest BCUT2D eigenvalue weighted by Gasteiger charge is 2.11. The lowest BCUT2D eigenvalue weighted by molar-refractivity contribution is -0.112. The molecule has 0 saturated heterocycles. The minimum Gasteiger partial charge on any atom is -0.321 e. The first-order chi connectivity index (χ1) is 12.6. The van der Waals surface area contributed by atoms with E-state index in [0.717, 1.165) is 22.5 Å². The van der Waals surface area contributed by atoms with Crippen LogP contribution in [-0.4, -0.2) is 10.5 Å². The molecule has 1 heterocycles. The zero-order valence-electron chi connectivity index (χ0n) is 14.7. The van der Waals surface area contributed by atoms with Crippen molar-refractivity contribution in [3.63, 3.8) is 0 Å². The molecule has 0 fully saturated rings. The number of amides is 1. The molecule has 2 aromatic carbocycles. The number of carbonyl (C=O) groups excluding carboxylic acids is 1. The highest BCUT2D eigenvalue weighted by molar-refractivity contribution is 6.09. The second kappa shape index (κ2) is 7.54. The molecule has 0 atom stereocenters. The molecule has 128 valence electrons. The summed E-state index contributed by atoms with van der Waals surface area (Å²) in [6.45, 7) is 3.94. The maximum Gasteiger partial charge on any atom is 0.266 e. The summed E-state index contributed by atoms with van der Waals surface area (Å²) in [5.74, 6) is -0.418. The molecule has 3 rings (SSSR count). The second-order valence-electron chi connectivity index (χ2n) is 6.14. The van der Waals surface area contributed by atoms with Crippen molar-refractivity contribution >= 4 is 17.7 Å². The number of nitriles is 1. The van der Waals surface area contributed by atoms with Crippen LogP contribution in [0.25, 0.3) is 11.8 Å². The number of hydrogen-bond acceptors (Lipinski definition) is 2. The van der Waals surface area contributed by atoms with Crippen molar-refractivity contribution in [1.82, 2.24) is 4.57 Å². The van der Waals surface area contributed by atoms with Crippen LogP contribution in [0.3, 0.4) is 0 Å². The molecule has 0 bridgehead atoms. The standard InChI is InChI=1S/C22H19N3O/c1-16-11-17(2)13-19(12-16)24-22(26)18(15-23)14-21-9-6-10-25(21)20-7-4-3-5-8-20/h3-14H,1-2H3,(H,24,26)/b18-14-. The number of benzene rings is 2. The minimum atomic E-state index is -0.418. The number of aryl methyl sites for hydroxylation is 2. The van der Waals surface area contributed by atoms with Crippen molar-refractivity contribution in [2.45, 2.75) is 13.8 Å². The average molecular weight is 341 g/mol. The van der Waals surface area contributed by atoms with Gasteiger partial charge in [0.05, 0.1) is 0 Å². The van der Waals surface area contributed by atoms with E-state index in [-0.39, 0.29) is 5.57 Å². The minimum absolute atomic E-state index is 0.0556. The Balaban J connectivity index is 1.89. The van der Waals surface area contributed by atoms with Crippen LogP contribution in [0.5, 0.6) is 0 Å². The molecule has 0 spiro atoms. The molecule has 0 unspecified atom stereocenters. The molecule has 4 heteroatoms. The number of nitrogens with one attached hydrogen (secondary N) is 1. The predicted octanol–water partition coefficient (Wildman–Crippen LogP) is 4.64. The molecule has 1 aromatic heterocycles. The van der Waals surface area contributed by atoms with Crippen LogP contribution in [0.1, 0.15) is 16.8 Å². The van der Waals surface area contributed by atoms with Gasteiger partial charge in [-0.05, 0) is 67.4 Å². The first-order valence-electron chi connectivity index (χ1n) is 8.31. The Bertz CT molecular complexity index is 987. The fourth-order valence-corrected chi connectivity index (χ4v) is 2.88. The number of hydrogen-bond donors (Lipinski definition) is 1. The molecule has 0 radical (unpaired) electrons. The van der Waals surface area contributed by atoms with E-state index in [2.05, 4.69) is 5.32 Å². The smallest absolute Gasteiger partial charge is 0.266 e. The van der Waals surface area contributed by atoms with Gasteiger partial charge in [-0.2, -0.15) is 5.26 Å². The van der Waals surface area contributed by atoms with Crippen molar-refractivity contribution in [3.05, 3.63) is 89.3 Å². The van der Waals surface area contributed by atoms with Crippen LogP contribution in [0.15, 0.2) is 72.4 Å². The Morgan fingerprint density at radius 1 is 1.04 bits per heavy atom. The summed E-state index contributed by atoms with van der Waals surface area (Å²) < 4.78 is 1.93. The fourth-order valence-electron chi connectivity index (χ4n) is 2.88. The molecule has 26 heavy (non-hydrogen) atoms. The molecule has 1 N–H and O–H groups in total. The summed E-state index contributed by atoms with van der Waals surface area (Å²) in [5.41, 5.74) is 4.59. The van der Waals surface area contributed by atoms with Crippen LogP contribution in [0, 0.1) is 25.2 Å². The van der Waals surface area contributed by atoms with E-state index in [1.165, 1.54) is 0 Å². The van der Waals surface area contributed by atoms with Crippen LogP contribution in [0.4, 0.5) is 5.69 Å². The van der Waals surface area contributed by atoms with E-state index in [4.69, 9.17) is 0 Å². The van der Waals surface area contributed by atoms with Crippen molar-refractivity contribution in [1.29, 1.82) is 5.26 Å². The number of rotatable bonds is 4. The fraction of sp³-hybridized carbons (Fsp3) is 0.0909. The predicted molar refractivity (Wildman–Crippen MR) is 104 cm³/mol. The number of anilines is 1. The maximum atomic E-state index is 12.5. The highest BCUT2D eigenvalue weighted by Crippen LogP contribution is 2.18. The summed E-state index contributed by atoms with van der Waals surface area (Å²) in [6.07, 6.45) is 3.50. The van der Waals surface area contributed by atoms with Crippen LogP contribution < -0.4 is 5.32 Å². The van der Waals surface area contributed by atoms with Gasteiger partial charge in [0.2, 0.25) is 0 Å². The summed E-state index contributed by atoms with van der Waals surface area (Å²) in [5, 5.41) is 12.3. The van der Waals surface area contributed by atoms with Gasteiger partial charge in [-0.25, -0.2) is 0 Å². The molecular formula is C22H19N3O. The highest BCUT2D eigenvalue weighted by atomic mass is 16.1. The summed E-state index contributed by atoms with van der Waals surface area (Å²) in [6, 6.07) is 21.3. The topological polar surface area (TPSA) is 57.8 Å². The van der Waals surface area contributed by atoms with Gasteiger partial charge >= 0.3 is 0 Å². The number of carbonyl (C=O) groups is 1. The quantitative estimate of drug-likeness (QED) is 0.555. The van der Waals surface area contributed by atoms with Gasteiger partial charge in [0, 0.05) is 23.3 Å². The first-order valence-corrected chi connectivity index (χ1v) is 8.31. The SMILES string of the molecule is Cc1cc(C)cc(NC(=O)/C(C#N)=C\c2cccn2-c2ccccc2)c1. The third kappa shape index (κ3) is 3.90. The second-order valence-corrected chi connectivity index (χ2v) is 6.14. The van der Waals surface area contributed by atoms with E-state index in [1.807, 2.05) is 91.3 Å².